The van der Waals surface area contributed by atoms with E-state index in [1.807, 2.05) is 60.7 Å². The number of hydrogen-bond donors (Lipinski definition) is 4. The molecule has 3 aromatic rings. The van der Waals surface area contributed by atoms with E-state index in [9.17, 15) is 0 Å². The molecule has 0 fully saturated rings. The zero-order valence-corrected chi connectivity index (χ0v) is 12.7. The first-order valence-corrected chi connectivity index (χ1v) is 7.61. The molecule has 0 aliphatic heterocycles. The number of anilines is 3. The molecule has 0 saturated heterocycles. The molecule has 0 bridgehead atoms. The van der Waals surface area contributed by atoms with Gasteiger partial charge in [-0.25, -0.2) is 0 Å². The van der Waals surface area contributed by atoms with Gasteiger partial charge in [-0.3, -0.25) is 5.41 Å². The van der Waals surface area contributed by atoms with Gasteiger partial charge in [0.15, 0.2) is 0 Å². The van der Waals surface area contributed by atoms with Crippen LogP contribution in [0.1, 0.15) is 4.88 Å². The third-order valence-electron chi connectivity index (χ3n) is 3.23. The number of nitrogens with two attached hydrogens (primary N) is 2. The maximum atomic E-state index is 7.66. The van der Waals surface area contributed by atoms with Gasteiger partial charge in [0.25, 0.3) is 0 Å². The maximum absolute atomic E-state index is 7.66. The monoisotopic (exact) mass is 308 g/mol. The Bertz CT molecular complexity index is 809. The summed E-state index contributed by atoms with van der Waals surface area (Å²) in [5.41, 5.74) is 15.2. The summed E-state index contributed by atoms with van der Waals surface area (Å²) in [7, 11) is 0. The van der Waals surface area contributed by atoms with Gasteiger partial charge in [0.05, 0.1) is 4.88 Å². The van der Waals surface area contributed by atoms with E-state index in [4.69, 9.17) is 16.9 Å². The quantitative estimate of drug-likeness (QED) is 0.333. The first-order valence-electron chi connectivity index (χ1n) is 6.79. The molecular weight excluding hydrogens is 292 g/mol. The van der Waals surface area contributed by atoms with Crippen molar-refractivity contribution in [3.63, 3.8) is 0 Å². The van der Waals surface area contributed by atoms with Gasteiger partial charge in [-0.2, -0.15) is 0 Å². The van der Waals surface area contributed by atoms with Gasteiger partial charge < -0.3 is 16.8 Å². The van der Waals surface area contributed by atoms with Gasteiger partial charge >= 0.3 is 0 Å². The summed E-state index contributed by atoms with van der Waals surface area (Å²) in [5, 5.41) is 12.0. The average Bonchev–Trinajstić information content (AvgIpc) is 2.92. The third kappa shape index (κ3) is 2.94. The molecule has 0 atom stereocenters. The van der Waals surface area contributed by atoms with Crippen molar-refractivity contribution >= 4 is 33.5 Å². The number of thiophene rings is 1. The lowest BCUT2D eigenvalue weighted by molar-refractivity contribution is 1.45. The summed E-state index contributed by atoms with van der Waals surface area (Å²) in [4.78, 5) is 0.741. The molecule has 0 saturated carbocycles. The molecule has 3 rings (SSSR count). The van der Waals surface area contributed by atoms with Crippen molar-refractivity contribution in [2.24, 2.45) is 5.73 Å². The number of nitrogen functional groups attached to an aromatic ring is 2. The molecule has 1 heterocycles. The van der Waals surface area contributed by atoms with Crippen LogP contribution in [0.15, 0.2) is 60.7 Å². The molecule has 6 N–H and O–H groups in total. The van der Waals surface area contributed by atoms with Crippen molar-refractivity contribution in [1.82, 2.24) is 0 Å². The molecule has 0 spiro atoms. The van der Waals surface area contributed by atoms with Crippen molar-refractivity contribution in [3.05, 3.63) is 65.5 Å². The predicted molar refractivity (Wildman–Crippen MR) is 94.9 cm³/mol. The van der Waals surface area contributed by atoms with E-state index in [0.717, 1.165) is 26.7 Å². The molecule has 0 unspecified atom stereocenters. The summed E-state index contributed by atoms with van der Waals surface area (Å²) in [5.74, 6) is 0.0720. The smallest absolute Gasteiger partial charge is 0.133 e. The Morgan fingerprint density at radius 1 is 1.00 bits per heavy atom. The molecule has 0 amide bonds. The SMILES string of the molecule is N=C(N)c1cc(-c2ccccc2)c(Nc2cccc(N)c2)s1. The van der Waals surface area contributed by atoms with Crippen LogP contribution in [0.4, 0.5) is 16.4 Å². The van der Waals surface area contributed by atoms with Crippen molar-refractivity contribution in [2.75, 3.05) is 11.1 Å². The number of hydrogen-bond acceptors (Lipinski definition) is 4. The van der Waals surface area contributed by atoms with Crippen LogP contribution in [-0.4, -0.2) is 5.84 Å². The van der Waals surface area contributed by atoms with Crippen LogP contribution in [0.25, 0.3) is 11.1 Å². The first-order chi connectivity index (χ1) is 10.6. The molecule has 22 heavy (non-hydrogen) atoms. The third-order valence-corrected chi connectivity index (χ3v) is 4.31. The molecule has 0 aliphatic carbocycles. The van der Waals surface area contributed by atoms with Crippen LogP contribution in [0.5, 0.6) is 0 Å². The molecule has 4 nitrogen and oxygen atoms in total. The van der Waals surface area contributed by atoms with E-state index in [1.165, 1.54) is 11.3 Å². The van der Waals surface area contributed by atoms with Crippen LogP contribution in [-0.2, 0) is 0 Å². The minimum Gasteiger partial charge on any atom is -0.399 e. The normalized spacial score (nSPS) is 10.4. The van der Waals surface area contributed by atoms with E-state index >= 15 is 0 Å². The molecule has 0 radical (unpaired) electrons. The topological polar surface area (TPSA) is 87.9 Å². The van der Waals surface area contributed by atoms with E-state index in [-0.39, 0.29) is 5.84 Å². The summed E-state index contributed by atoms with van der Waals surface area (Å²) in [6.07, 6.45) is 0. The largest absolute Gasteiger partial charge is 0.399 e. The van der Waals surface area contributed by atoms with Crippen LogP contribution in [0.2, 0.25) is 0 Å². The minimum absolute atomic E-state index is 0.0720. The summed E-state index contributed by atoms with van der Waals surface area (Å²) < 4.78 is 0. The van der Waals surface area contributed by atoms with Crippen molar-refractivity contribution in [3.8, 4) is 11.1 Å². The number of nitrogens with one attached hydrogen (secondary N) is 2. The second-order valence-corrected chi connectivity index (χ2v) is 5.94. The lowest BCUT2D eigenvalue weighted by Crippen LogP contribution is -2.08. The van der Waals surface area contributed by atoms with Gasteiger partial charge in [0, 0.05) is 16.9 Å². The molecule has 5 heteroatoms. The van der Waals surface area contributed by atoms with Crippen LogP contribution < -0.4 is 16.8 Å². The van der Waals surface area contributed by atoms with E-state index in [0.29, 0.717) is 5.69 Å². The highest BCUT2D eigenvalue weighted by Crippen LogP contribution is 2.38. The van der Waals surface area contributed by atoms with Gasteiger partial charge in [0.1, 0.15) is 10.8 Å². The Hall–Kier alpha value is -2.79. The molecule has 0 aliphatic rings. The highest BCUT2D eigenvalue weighted by molar-refractivity contribution is 7.18. The zero-order valence-electron chi connectivity index (χ0n) is 11.8. The fourth-order valence-electron chi connectivity index (χ4n) is 2.20. The molecule has 110 valence electrons. The highest BCUT2D eigenvalue weighted by atomic mass is 32.1. The standard InChI is InChI=1S/C17H16N4S/c18-12-7-4-8-13(9-12)21-17-14(10-15(22-17)16(19)20)11-5-2-1-3-6-11/h1-10,21H,18H2,(H3,19,20). The Morgan fingerprint density at radius 2 is 1.77 bits per heavy atom. The number of benzene rings is 2. The van der Waals surface area contributed by atoms with Crippen LogP contribution in [0, 0.1) is 5.41 Å². The predicted octanol–water partition coefficient (Wildman–Crippen LogP) is 4.02. The van der Waals surface area contributed by atoms with Crippen molar-refractivity contribution in [1.29, 1.82) is 5.41 Å². The minimum atomic E-state index is 0.0720. The Morgan fingerprint density at radius 3 is 2.45 bits per heavy atom. The zero-order chi connectivity index (χ0) is 15.5. The summed E-state index contributed by atoms with van der Waals surface area (Å²) in [6.45, 7) is 0. The second-order valence-electron chi connectivity index (χ2n) is 4.88. The summed E-state index contributed by atoms with van der Waals surface area (Å²) >= 11 is 1.46. The first kappa shape index (κ1) is 14.2. The van der Waals surface area contributed by atoms with Gasteiger partial charge in [-0.1, -0.05) is 36.4 Å². The van der Waals surface area contributed by atoms with Gasteiger partial charge in [-0.15, -0.1) is 11.3 Å². The van der Waals surface area contributed by atoms with Gasteiger partial charge in [0.2, 0.25) is 0 Å². The van der Waals surface area contributed by atoms with Crippen molar-refractivity contribution < 1.29 is 0 Å². The Kier molecular flexibility index (Phi) is 3.80. The van der Waals surface area contributed by atoms with E-state index < -0.39 is 0 Å². The molecule has 1 aromatic heterocycles. The maximum Gasteiger partial charge on any atom is 0.133 e. The van der Waals surface area contributed by atoms with E-state index in [2.05, 4.69) is 5.32 Å². The lowest BCUT2D eigenvalue weighted by Gasteiger charge is -2.08. The summed E-state index contributed by atoms with van der Waals surface area (Å²) in [6, 6.07) is 19.6. The highest BCUT2D eigenvalue weighted by Gasteiger charge is 2.13. The number of rotatable bonds is 4. The van der Waals surface area contributed by atoms with Crippen molar-refractivity contribution in [2.45, 2.75) is 0 Å². The number of amidine groups is 1. The van der Waals surface area contributed by atoms with Crippen LogP contribution in [0.3, 0.4) is 0 Å². The molecule has 2 aromatic carbocycles. The van der Waals surface area contributed by atoms with Crippen LogP contribution >= 0.6 is 11.3 Å². The Labute approximate surface area is 132 Å². The Balaban J connectivity index is 2.04. The second kappa shape index (κ2) is 5.91. The van der Waals surface area contributed by atoms with E-state index in [1.54, 1.807) is 0 Å². The fourth-order valence-corrected chi connectivity index (χ4v) is 3.16. The fraction of sp³-hybridized carbons (Fsp3) is 0. The average molecular weight is 308 g/mol. The molecular formula is C17H16N4S. The van der Waals surface area contributed by atoms with Gasteiger partial charge in [-0.05, 0) is 29.8 Å². The lowest BCUT2D eigenvalue weighted by atomic mass is 10.1.